The van der Waals surface area contributed by atoms with E-state index in [1.54, 1.807) is 31.4 Å². The maximum atomic E-state index is 13.2. The normalized spacial score (nSPS) is 26.4. The number of ether oxygens (including phenoxy) is 6. The molecule has 1 N–H and O–H groups in total. The first-order valence-corrected chi connectivity index (χ1v) is 16.4. The van der Waals surface area contributed by atoms with Crippen LogP contribution in [0.1, 0.15) is 97.8 Å². The maximum absolute atomic E-state index is 13.2. The Balaban J connectivity index is 1.41. The number of amides is 1. The first-order chi connectivity index (χ1) is 20.4. The Kier molecular flexibility index (Phi) is 13.2. The van der Waals surface area contributed by atoms with E-state index in [2.05, 4.69) is 17.1 Å². The Morgan fingerprint density at radius 1 is 0.976 bits per heavy atom. The van der Waals surface area contributed by atoms with Crippen LogP contribution in [0.4, 0.5) is 10.5 Å². The Hall–Kier alpha value is -1.91. The number of nitrogens with zero attached hydrogens (tertiary/aromatic N) is 1. The number of unbranched alkanes of at least 4 members (excludes halogenated alkanes) is 7. The van der Waals surface area contributed by atoms with E-state index in [0.29, 0.717) is 18.8 Å². The van der Waals surface area contributed by atoms with E-state index in [-0.39, 0.29) is 6.10 Å². The Morgan fingerprint density at radius 2 is 1.64 bits per heavy atom. The predicted octanol–water partition coefficient (Wildman–Crippen LogP) is 6.89. The highest BCUT2D eigenvalue weighted by Crippen LogP contribution is 2.40. The molecule has 1 unspecified atom stereocenters. The Labute approximate surface area is 252 Å². The fourth-order valence-electron chi connectivity index (χ4n) is 6.19. The molecule has 0 bridgehead atoms. The molecule has 0 aliphatic carbocycles. The number of carbonyl (C=O) groups excluding carboxylic acids is 1. The van der Waals surface area contributed by atoms with Crippen LogP contribution >= 0.6 is 0 Å². The molecule has 3 fully saturated rings. The lowest BCUT2D eigenvalue weighted by Crippen LogP contribution is -2.50. The molecular formula is C33H54N2O7. The molecule has 1 aromatic carbocycles. The predicted molar refractivity (Wildman–Crippen MR) is 163 cm³/mol. The molecular weight excluding hydrogens is 536 g/mol. The minimum absolute atomic E-state index is 0.376. The molecule has 0 spiro atoms. The lowest BCUT2D eigenvalue weighted by atomic mass is 10.0. The van der Waals surface area contributed by atoms with E-state index in [1.165, 1.54) is 51.4 Å². The summed E-state index contributed by atoms with van der Waals surface area (Å²) in [4.78, 5) is 15.6. The summed E-state index contributed by atoms with van der Waals surface area (Å²) in [5.41, 5.74) is 0.634. The second kappa shape index (κ2) is 16.8. The van der Waals surface area contributed by atoms with Gasteiger partial charge in [0.05, 0.1) is 7.11 Å². The van der Waals surface area contributed by atoms with Gasteiger partial charge in [-0.05, 0) is 70.5 Å². The minimum atomic E-state index is -0.757. The number of likely N-dealkylation sites (tertiary alicyclic amines) is 1. The van der Waals surface area contributed by atoms with Crippen LogP contribution in [0.2, 0.25) is 0 Å². The largest absolute Gasteiger partial charge is 0.497 e. The number of nitrogens with one attached hydrogen (secondary N) is 1. The van der Waals surface area contributed by atoms with Gasteiger partial charge < -0.3 is 28.4 Å². The number of carbonyl (C=O) groups is 1. The molecule has 3 saturated heterocycles. The van der Waals surface area contributed by atoms with Crippen molar-refractivity contribution in [2.24, 2.45) is 0 Å². The average molecular weight is 591 g/mol. The third-order valence-corrected chi connectivity index (χ3v) is 8.43. The number of benzene rings is 1. The number of rotatable bonds is 16. The molecule has 3 aliphatic rings. The van der Waals surface area contributed by atoms with Crippen LogP contribution in [0.25, 0.3) is 0 Å². The number of methoxy groups -OCH3 is 1. The zero-order valence-corrected chi connectivity index (χ0v) is 26.3. The fraction of sp³-hybridized carbons (Fsp3) is 0.788. The second-order valence-corrected chi connectivity index (χ2v) is 12.4. The summed E-state index contributed by atoms with van der Waals surface area (Å²) in [6, 6.07) is 7.19. The zero-order chi connectivity index (χ0) is 29.8. The number of fused-ring (bicyclic) bond motifs is 1. The van der Waals surface area contributed by atoms with Gasteiger partial charge in [0.15, 0.2) is 12.1 Å². The van der Waals surface area contributed by atoms with Gasteiger partial charge in [0, 0.05) is 18.8 Å². The van der Waals surface area contributed by atoms with E-state index in [1.807, 2.05) is 13.8 Å². The number of hydrogen-bond donors (Lipinski definition) is 1. The van der Waals surface area contributed by atoms with Crippen LogP contribution < -0.4 is 10.1 Å². The van der Waals surface area contributed by atoms with Gasteiger partial charge >= 0.3 is 6.09 Å². The Morgan fingerprint density at radius 3 is 2.31 bits per heavy atom. The van der Waals surface area contributed by atoms with E-state index < -0.39 is 36.5 Å². The maximum Gasteiger partial charge on any atom is 0.412 e. The van der Waals surface area contributed by atoms with Crippen molar-refractivity contribution in [3.63, 3.8) is 0 Å². The van der Waals surface area contributed by atoms with E-state index in [4.69, 9.17) is 28.4 Å². The summed E-state index contributed by atoms with van der Waals surface area (Å²) in [6.45, 7) is 9.17. The molecule has 9 heteroatoms. The third-order valence-electron chi connectivity index (χ3n) is 8.43. The van der Waals surface area contributed by atoms with Crippen molar-refractivity contribution >= 4 is 11.8 Å². The van der Waals surface area contributed by atoms with Crippen LogP contribution in [0.5, 0.6) is 5.75 Å². The van der Waals surface area contributed by atoms with Crippen LogP contribution in [0.3, 0.4) is 0 Å². The highest BCUT2D eigenvalue weighted by molar-refractivity contribution is 5.84. The van der Waals surface area contributed by atoms with Gasteiger partial charge in [-0.3, -0.25) is 10.2 Å². The van der Waals surface area contributed by atoms with Crippen molar-refractivity contribution in [3.05, 3.63) is 24.3 Å². The van der Waals surface area contributed by atoms with Gasteiger partial charge in [0.2, 0.25) is 0 Å². The van der Waals surface area contributed by atoms with Gasteiger partial charge in [-0.15, -0.1) is 0 Å². The molecule has 1 amide bonds. The molecule has 9 nitrogen and oxygen atoms in total. The second-order valence-electron chi connectivity index (χ2n) is 12.4. The summed E-state index contributed by atoms with van der Waals surface area (Å²) in [5.74, 6) is -0.0361. The van der Waals surface area contributed by atoms with Gasteiger partial charge in [-0.2, -0.15) is 0 Å². The summed E-state index contributed by atoms with van der Waals surface area (Å²) in [5, 5.41) is 2.87. The quantitative estimate of drug-likeness (QED) is 0.208. The van der Waals surface area contributed by atoms with Crippen molar-refractivity contribution in [2.45, 2.75) is 134 Å². The molecule has 3 aliphatic heterocycles. The molecule has 3 heterocycles. The summed E-state index contributed by atoms with van der Waals surface area (Å²) >= 11 is 0. The van der Waals surface area contributed by atoms with Crippen LogP contribution in [-0.4, -0.2) is 80.8 Å². The first-order valence-electron chi connectivity index (χ1n) is 16.4. The SMILES string of the molecule is CCCCCCCCCCO[C@@H]1[C@H]2OC(C)(C)O[C@H]2O[C@@H]1C(CN1CCCCCC1)OC(=O)Nc1ccc(OC)cc1. The molecule has 0 aromatic heterocycles. The van der Waals surface area contributed by atoms with Crippen molar-refractivity contribution in [1.29, 1.82) is 0 Å². The Bertz CT molecular complexity index is 919. The van der Waals surface area contributed by atoms with Gasteiger partial charge in [-0.1, -0.05) is 64.7 Å². The molecule has 5 atom stereocenters. The van der Waals surface area contributed by atoms with E-state index in [0.717, 1.165) is 44.5 Å². The van der Waals surface area contributed by atoms with Gasteiger partial charge in [0.1, 0.15) is 30.2 Å². The number of anilines is 1. The lowest BCUT2D eigenvalue weighted by Gasteiger charge is -2.33. The summed E-state index contributed by atoms with van der Waals surface area (Å²) < 4.78 is 36.7. The monoisotopic (exact) mass is 590 g/mol. The number of hydrogen-bond acceptors (Lipinski definition) is 8. The van der Waals surface area contributed by atoms with E-state index in [9.17, 15) is 4.79 Å². The van der Waals surface area contributed by atoms with Crippen LogP contribution in [0.15, 0.2) is 24.3 Å². The summed E-state index contributed by atoms with van der Waals surface area (Å²) in [6.07, 6.45) is 11.7. The van der Waals surface area contributed by atoms with Gasteiger partial charge in [0.25, 0.3) is 0 Å². The zero-order valence-electron chi connectivity index (χ0n) is 26.3. The topological polar surface area (TPSA) is 87.7 Å². The standard InChI is InChI=1S/C33H54N2O7/c1-5-6-7-8-9-10-13-16-23-38-29-28(40-31-30(29)41-33(2,3)42-31)27(24-35-21-14-11-12-15-22-35)39-32(36)34-25-17-19-26(37-4)20-18-25/h17-20,27-31H,5-16,21-24H2,1-4H3,(H,34,36)/t27?,28-,29+,30-,31-/m1/s1. The van der Waals surface area contributed by atoms with Gasteiger partial charge in [-0.25, -0.2) is 4.79 Å². The first kappa shape index (κ1) is 33.0. The van der Waals surface area contributed by atoms with E-state index >= 15 is 0 Å². The molecule has 42 heavy (non-hydrogen) atoms. The van der Waals surface area contributed by atoms with Crippen molar-refractivity contribution in [2.75, 3.05) is 38.7 Å². The van der Waals surface area contributed by atoms with Crippen molar-refractivity contribution in [1.82, 2.24) is 4.90 Å². The molecule has 238 valence electrons. The summed E-state index contributed by atoms with van der Waals surface area (Å²) in [7, 11) is 1.61. The molecule has 1 aromatic rings. The highest BCUT2D eigenvalue weighted by atomic mass is 16.8. The minimum Gasteiger partial charge on any atom is -0.497 e. The van der Waals surface area contributed by atoms with Crippen molar-refractivity contribution < 1.29 is 33.2 Å². The molecule has 4 rings (SSSR count). The lowest BCUT2D eigenvalue weighted by molar-refractivity contribution is -0.230. The highest BCUT2D eigenvalue weighted by Gasteiger charge is 2.58. The van der Waals surface area contributed by atoms with Crippen LogP contribution in [-0.2, 0) is 23.7 Å². The fourth-order valence-corrected chi connectivity index (χ4v) is 6.19. The third kappa shape index (κ3) is 10.1. The molecule has 0 saturated carbocycles. The molecule has 0 radical (unpaired) electrons. The van der Waals surface area contributed by atoms with Crippen LogP contribution in [0, 0.1) is 0 Å². The average Bonchev–Trinajstić information content (AvgIpc) is 3.30. The van der Waals surface area contributed by atoms with Crippen molar-refractivity contribution in [3.8, 4) is 5.75 Å². The smallest absolute Gasteiger partial charge is 0.412 e.